The van der Waals surface area contributed by atoms with Crippen molar-refractivity contribution in [3.8, 4) is 0 Å². The van der Waals surface area contributed by atoms with Gasteiger partial charge in [-0.3, -0.25) is 0 Å². The Morgan fingerprint density at radius 3 is 1.38 bits per heavy atom. The van der Waals surface area contributed by atoms with Crippen LogP contribution in [0.4, 0.5) is 17.1 Å². The van der Waals surface area contributed by atoms with E-state index in [1.165, 1.54) is 5.69 Å². The summed E-state index contributed by atoms with van der Waals surface area (Å²) in [5.41, 5.74) is 3.46. The molecule has 90 valence electrons. The van der Waals surface area contributed by atoms with Gasteiger partial charge in [-0.25, -0.2) is 0 Å². The van der Waals surface area contributed by atoms with Crippen molar-refractivity contribution in [2.75, 3.05) is 57.0 Å². The summed E-state index contributed by atoms with van der Waals surface area (Å²) in [5.74, 6) is 0. The zero-order valence-electron chi connectivity index (χ0n) is 10.9. The summed E-state index contributed by atoms with van der Waals surface area (Å²) in [6.45, 7) is 0. The maximum Gasteiger partial charge on any atom is 0.0538 e. The third-order valence-corrected chi connectivity index (χ3v) is 2.99. The van der Waals surface area contributed by atoms with Gasteiger partial charge < -0.3 is 14.7 Å². The number of rotatable bonds is 3. The van der Waals surface area contributed by atoms with E-state index in [0.29, 0.717) is 0 Å². The molecule has 0 saturated heterocycles. The molecule has 0 spiro atoms. The van der Waals surface area contributed by atoms with Gasteiger partial charge in [0.25, 0.3) is 0 Å². The Bertz CT molecular complexity index is 344. The van der Waals surface area contributed by atoms with Crippen LogP contribution in [0.25, 0.3) is 0 Å². The molecule has 0 aliphatic rings. The van der Waals surface area contributed by atoms with Gasteiger partial charge in [0, 0.05) is 48.0 Å². The Labute approximate surface area is 104 Å². The van der Waals surface area contributed by atoms with Gasteiger partial charge in [0.15, 0.2) is 0 Å². The highest BCUT2D eigenvalue weighted by molar-refractivity contribution is 7.80. The van der Waals surface area contributed by atoms with E-state index in [0.717, 1.165) is 16.3 Å². The zero-order chi connectivity index (χ0) is 12.5. The average Bonchev–Trinajstić information content (AvgIpc) is 2.16. The summed E-state index contributed by atoms with van der Waals surface area (Å²) in [7, 11) is 12.2. The molecule has 0 aliphatic heterocycles. The first kappa shape index (κ1) is 13.0. The number of benzene rings is 1. The van der Waals surface area contributed by atoms with Crippen LogP contribution < -0.4 is 14.7 Å². The lowest BCUT2D eigenvalue weighted by Gasteiger charge is -2.25. The fourth-order valence-corrected chi connectivity index (χ4v) is 2.06. The maximum absolute atomic E-state index is 4.60. The normalized spacial score (nSPS) is 10.2. The van der Waals surface area contributed by atoms with E-state index in [1.807, 2.05) is 42.3 Å². The smallest absolute Gasteiger partial charge is 0.0538 e. The van der Waals surface area contributed by atoms with Crippen molar-refractivity contribution < 1.29 is 0 Å². The van der Waals surface area contributed by atoms with Crippen molar-refractivity contribution in [1.29, 1.82) is 0 Å². The monoisotopic (exact) mass is 239 g/mol. The van der Waals surface area contributed by atoms with Crippen LogP contribution in [0.15, 0.2) is 17.0 Å². The molecule has 1 aromatic carbocycles. The minimum absolute atomic E-state index is 1.01. The zero-order valence-corrected chi connectivity index (χ0v) is 11.8. The maximum atomic E-state index is 4.60. The molecule has 16 heavy (non-hydrogen) atoms. The SMILES string of the molecule is CN(C)c1cc(N(C)C)c(S)c(N(C)C)c1. The lowest BCUT2D eigenvalue weighted by atomic mass is 10.2. The van der Waals surface area contributed by atoms with Crippen LogP contribution in [0, 0.1) is 0 Å². The first-order valence-corrected chi connectivity index (χ1v) is 5.68. The molecular formula is C12H21N3S. The van der Waals surface area contributed by atoms with E-state index >= 15 is 0 Å². The van der Waals surface area contributed by atoms with E-state index < -0.39 is 0 Å². The molecular weight excluding hydrogens is 218 g/mol. The average molecular weight is 239 g/mol. The molecule has 1 aromatic rings. The molecule has 0 fully saturated rings. The fourth-order valence-electron chi connectivity index (χ4n) is 1.53. The molecule has 0 bridgehead atoms. The molecule has 4 heteroatoms. The van der Waals surface area contributed by atoms with Crippen molar-refractivity contribution in [2.24, 2.45) is 0 Å². The third-order valence-electron chi connectivity index (χ3n) is 2.53. The third kappa shape index (κ3) is 2.55. The Morgan fingerprint density at radius 2 is 1.12 bits per heavy atom. The Balaban J connectivity index is 3.39. The van der Waals surface area contributed by atoms with Gasteiger partial charge in [0.2, 0.25) is 0 Å². The molecule has 0 saturated carbocycles. The predicted octanol–water partition coefficient (Wildman–Crippen LogP) is 2.17. The largest absolute Gasteiger partial charge is 0.378 e. The van der Waals surface area contributed by atoms with Crippen molar-refractivity contribution >= 4 is 29.7 Å². The lowest BCUT2D eigenvalue weighted by molar-refractivity contribution is 1.04. The highest BCUT2D eigenvalue weighted by Crippen LogP contribution is 2.36. The number of thiol groups is 1. The van der Waals surface area contributed by atoms with Crippen LogP contribution in [0.3, 0.4) is 0 Å². The van der Waals surface area contributed by atoms with Gasteiger partial charge in [-0.15, -0.1) is 12.6 Å². The van der Waals surface area contributed by atoms with Gasteiger partial charge >= 0.3 is 0 Å². The van der Waals surface area contributed by atoms with Crippen LogP contribution >= 0.6 is 12.6 Å². The standard InChI is InChI=1S/C12H21N3S/c1-13(2)9-7-10(14(3)4)12(16)11(8-9)15(5)6/h7-8,16H,1-6H3. The molecule has 0 heterocycles. The molecule has 1 rings (SSSR count). The molecule has 0 aliphatic carbocycles. The molecule has 3 nitrogen and oxygen atoms in total. The summed E-state index contributed by atoms with van der Waals surface area (Å²) in [4.78, 5) is 7.29. The molecule has 0 unspecified atom stereocenters. The topological polar surface area (TPSA) is 9.72 Å². The number of anilines is 3. The molecule has 0 N–H and O–H groups in total. The second kappa shape index (κ2) is 4.87. The summed E-state index contributed by atoms with van der Waals surface area (Å²) < 4.78 is 0. The fraction of sp³-hybridized carbons (Fsp3) is 0.500. The molecule has 0 radical (unpaired) electrons. The van der Waals surface area contributed by atoms with Crippen molar-refractivity contribution in [2.45, 2.75) is 4.90 Å². The number of hydrogen-bond donors (Lipinski definition) is 1. The van der Waals surface area contributed by atoms with Crippen molar-refractivity contribution in [3.05, 3.63) is 12.1 Å². The number of nitrogens with zero attached hydrogens (tertiary/aromatic N) is 3. The minimum Gasteiger partial charge on any atom is -0.378 e. The second-order valence-electron chi connectivity index (χ2n) is 4.52. The molecule has 0 atom stereocenters. The first-order chi connectivity index (χ1) is 7.34. The second-order valence-corrected chi connectivity index (χ2v) is 4.96. The van der Waals surface area contributed by atoms with Crippen LogP contribution in [-0.4, -0.2) is 42.3 Å². The minimum atomic E-state index is 1.01. The number of hydrogen-bond acceptors (Lipinski definition) is 4. The summed E-state index contributed by atoms with van der Waals surface area (Å²) >= 11 is 4.60. The van der Waals surface area contributed by atoms with Crippen LogP contribution in [-0.2, 0) is 0 Å². The van der Waals surface area contributed by atoms with Gasteiger partial charge in [0.05, 0.1) is 16.3 Å². The lowest BCUT2D eigenvalue weighted by Crippen LogP contribution is -2.17. The molecule has 0 amide bonds. The van der Waals surface area contributed by atoms with Gasteiger partial charge in [-0.2, -0.15) is 0 Å². The van der Waals surface area contributed by atoms with Gasteiger partial charge in [-0.05, 0) is 12.1 Å². The van der Waals surface area contributed by atoms with E-state index in [4.69, 9.17) is 0 Å². The first-order valence-electron chi connectivity index (χ1n) is 5.23. The summed E-state index contributed by atoms with van der Waals surface area (Å²) in [5, 5.41) is 0. The highest BCUT2D eigenvalue weighted by Gasteiger charge is 2.11. The van der Waals surface area contributed by atoms with Crippen LogP contribution in [0.5, 0.6) is 0 Å². The predicted molar refractivity (Wildman–Crippen MR) is 76.7 cm³/mol. The Morgan fingerprint density at radius 1 is 0.750 bits per heavy atom. The molecule has 0 aromatic heterocycles. The summed E-state index contributed by atoms with van der Waals surface area (Å²) in [6.07, 6.45) is 0. The van der Waals surface area contributed by atoms with E-state index in [-0.39, 0.29) is 0 Å². The van der Waals surface area contributed by atoms with Crippen LogP contribution in [0.1, 0.15) is 0 Å². The van der Waals surface area contributed by atoms with Gasteiger partial charge in [-0.1, -0.05) is 0 Å². The van der Waals surface area contributed by atoms with Crippen LogP contribution in [0.2, 0.25) is 0 Å². The summed E-state index contributed by atoms with van der Waals surface area (Å²) in [6, 6.07) is 4.30. The highest BCUT2D eigenvalue weighted by atomic mass is 32.1. The van der Waals surface area contributed by atoms with E-state index in [1.54, 1.807) is 0 Å². The Kier molecular flexibility index (Phi) is 3.97. The quantitative estimate of drug-likeness (QED) is 0.811. The van der Waals surface area contributed by atoms with Crippen molar-refractivity contribution in [3.63, 3.8) is 0 Å². The van der Waals surface area contributed by atoms with E-state index in [9.17, 15) is 0 Å². The Hall–Kier alpha value is -1.03. The van der Waals surface area contributed by atoms with Gasteiger partial charge in [0.1, 0.15) is 0 Å². The van der Waals surface area contributed by atoms with E-state index in [2.05, 4.69) is 39.5 Å². The van der Waals surface area contributed by atoms with Crippen molar-refractivity contribution in [1.82, 2.24) is 0 Å².